The molecule has 2 atom stereocenters. The normalized spacial score (nSPS) is 14.4. The fourth-order valence-electron chi connectivity index (χ4n) is 9.77. The molecule has 0 amide bonds. The lowest BCUT2D eigenvalue weighted by Crippen LogP contribution is -3.00. The van der Waals surface area contributed by atoms with Gasteiger partial charge >= 0.3 is 11.9 Å². The van der Waals surface area contributed by atoms with Crippen molar-refractivity contribution in [2.75, 3.05) is 97.0 Å². The monoisotopic (exact) mass is 1550 g/mol. The van der Waals surface area contributed by atoms with Gasteiger partial charge in [-0.15, -0.1) is 34.0 Å². The molecule has 94 heavy (non-hydrogen) atoms. The minimum atomic E-state index is -2.27. The molecule has 0 aromatic carbocycles. The number of carboxylic acid groups (broad SMARTS) is 2. The molecule has 3 aliphatic heterocycles. The average molecular weight is 1560 g/mol. The Morgan fingerprint density at radius 2 is 0.872 bits per heavy atom. The Morgan fingerprint density at radius 3 is 1.20 bits per heavy atom. The summed E-state index contributed by atoms with van der Waals surface area (Å²) in [7, 11) is 0. The maximum Gasteiger partial charge on any atom is 0.335 e. The van der Waals surface area contributed by atoms with E-state index in [1.165, 1.54) is 68.8 Å². The van der Waals surface area contributed by atoms with Crippen LogP contribution in [0.2, 0.25) is 0 Å². The maximum atomic E-state index is 9.77. The maximum absolute atomic E-state index is 9.77. The highest BCUT2D eigenvalue weighted by atomic mass is 79.9. The molecule has 10 rings (SSSR count). The number of carboxylic acids is 2. The summed E-state index contributed by atoms with van der Waals surface area (Å²) in [5.41, 5.74) is 36.4. The van der Waals surface area contributed by atoms with Crippen LogP contribution in [-0.4, -0.2) is 186 Å². The smallest absolute Gasteiger partial charge is 0.335 e. The van der Waals surface area contributed by atoms with E-state index in [9.17, 15) is 9.59 Å². The van der Waals surface area contributed by atoms with Crippen molar-refractivity contribution >= 4 is 67.4 Å². The molecule has 21 nitrogen and oxygen atoms in total. The number of pyridine rings is 7. The number of halogens is 4. The highest BCUT2D eigenvalue weighted by molar-refractivity contribution is 9.09. The molecule has 10 heterocycles. The molecule has 2 unspecified atom stereocenters. The Bertz CT molecular complexity index is 2840. The number of nitrogens with two attached hydrogens (primary N) is 5. The third-order valence-electron chi connectivity index (χ3n) is 15.0. The fourth-order valence-corrected chi connectivity index (χ4v) is 10.1. The third-order valence-corrected chi connectivity index (χ3v) is 15.5. The minimum absolute atomic E-state index is 0. The third kappa shape index (κ3) is 35.8. The fraction of sp³-hybridized carbons (Fsp3) is 0.435. The Morgan fingerprint density at radius 1 is 0.489 bits per heavy atom. The van der Waals surface area contributed by atoms with E-state index in [-0.39, 0.29) is 50.9 Å². The predicted molar refractivity (Wildman–Crippen MR) is 386 cm³/mol. The van der Waals surface area contributed by atoms with E-state index in [1.54, 1.807) is 18.6 Å². The van der Waals surface area contributed by atoms with Gasteiger partial charge in [0.2, 0.25) is 0 Å². The number of hydrogen-bond donors (Lipinski definition) is 9. The number of aliphatic carboxylic acids is 2. The Labute approximate surface area is 596 Å². The molecular formula is C69H101Br4N15O6. The number of aliphatic hydroxyl groups excluding tert-OH is 2. The van der Waals surface area contributed by atoms with Crippen molar-refractivity contribution in [3.05, 3.63) is 194 Å². The summed E-state index contributed by atoms with van der Waals surface area (Å²) in [4.78, 5) is 52.8. The lowest BCUT2D eigenvalue weighted by molar-refractivity contribution is -0.697. The van der Waals surface area contributed by atoms with Crippen LogP contribution in [0.15, 0.2) is 177 Å². The molecule has 7 aromatic heterocycles. The zero-order valence-corrected chi connectivity index (χ0v) is 60.6. The van der Waals surface area contributed by atoms with Crippen LogP contribution in [0.1, 0.15) is 93.1 Å². The number of aryl methyl sites for hydroxylation is 1. The molecule has 14 N–H and O–H groups in total. The topological polar surface area (TPSA) is 336 Å². The lowest BCUT2D eigenvalue weighted by Gasteiger charge is -2.31. The van der Waals surface area contributed by atoms with Gasteiger partial charge in [0.1, 0.15) is 6.54 Å². The number of likely N-dealkylation sites (tertiary alicyclic amines) is 2. The van der Waals surface area contributed by atoms with Crippen molar-refractivity contribution in [1.82, 2.24) is 44.6 Å². The summed E-state index contributed by atoms with van der Waals surface area (Å²) < 4.78 is 2.14. The van der Waals surface area contributed by atoms with E-state index >= 15 is 0 Å². The van der Waals surface area contributed by atoms with Crippen molar-refractivity contribution in [2.24, 2.45) is 28.7 Å². The van der Waals surface area contributed by atoms with Crippen molar-refractivity contribution < 1.29 is 51.6 Å². The Kier molecular flexibility index (Phi) is 49.9. The first-order chi connectivity index (χ1) is 44.4. The summed E-state index contributed by atoms with van der Waals surface area (Å²) in [6, 6.07) is 38.4. The van der Waals surface area contributed by atoms with Crippen LogP contribution in [0.4, 0.5) is 0 Å². The number of nitrogens with zero attached hydrogens (tertiary/aromatic N) is 10. The second kappa shape index (κ2) is 54.4. The molecule has 2 saturated heterocycles. The zero-order chi connectivity index (χ0) is 65.5. The number of carbonyl (C=O) groups is 2. The van der Waals surface area contributed by atoms with Crippen LogP contribution in [0.3, 0.4) is 0 Å². The SMILES string of the molecule is Br.Br.NCCCBr.NCCCN1CC=C(c2ccccn2)CC1.NCCCN1CCC(c2ccccn2)CC1.NCCCN1CCC(c2ccccn2)CC1.NCCC[n+]1ccc(-c2ccccn2)cc1.O=C(O)C(O)C(O)C(=O)O.[Br-].c1ccc(-c2ccncc2)nc1. The first-order valence-corrected chi connectivity index (χ1v) is 32.8. The average Bonchev–Trinajstić information content (AvgIpc) is 1.26. The zero-order valence-electron chi connectivity index (χ0n) is 54.0. The summed E-state index contributed by atoms with van der Waals surface area (Å²) in [6.45, 7) is 15.3. The highest BCUT2D eigenvalue weighted by Gasteiger charge is 2.29. The minimum Gasteiger partial charge on any atom is -1.00 e. The van der Waals surface area contributed by atoms with Gasteiger partial charge in [-0.1, -0.05) is 52.3 Å². The van der Waals surface area contributed by atoms with E-state index in [4.69, 9.17) is 49.1 Å². The summed E-state index contributed by atoms with van der Waals surface area (Å²) in [5.74, 6) is -2.21. The van der Waals surface area contributed by atoms with Gasteiger partial charge in [-0.25, -0.2) is 14.2 Å². The van der Waals surface area contributed by atoms with Crippen LogP contribution in [0, 0.1) is 0 Å². The molecule has 0 aliphatic carbocycles. The molecule has 0 radical (unpaired) electrons. The molecule has 0 spiro atoms. The second-order valence-electron chi connectivity index (χ2n) is 21.7. The van der Waals surface area contributed by atoms with Crippen LogP contribution < -0.4 is 50.2 Å². The van der Waals surface area contributed by atoms with E-state index in [2.05, 4.69) is 126 Å². The number of rotatable bonds is 22. The summed E-state index contributed by atoms with van der Waals surface area (Å²) >= 11 is 3.23. The predicted octanol–water partition coefficient (Wildman–Crippen LogP) is 5.03. The largest absolute Gasteiger partial charge is 1.00 e. The molecule has 2 fully saturated rings. The quantitative estimate of drug-likeness (QED) is 0.0317. The van der Waals surface area contributed by atoms with Crippen LogP contribution >= 0.6 is 49.9 Å². The van der Waals surface area contributed by atoms with Gasteiger partial charge in [-0.3, -0.25) is 34.8 Å². The lowest BCUT2D eigenvalue weighted by atomic mass is 9.93. The number of hydrogen-bond acceptors (Lipinski definition) is 18. The second-order valence-corrected chi connectivity index (χ2v) is 22.5. The van der Waals surface area contributed by atoms with Crippen molar-refractivity contribution in [1.29, 1.82) is 0 Å². The van der Waals surface area contributed by atoms with Crippen LogP contribution in [-0.2, 0) is 16.1 Å². The number of aliphatic hydroxyl groups is 2. The summed E-state index contributed by atoms with van der Waals surface area (Å²) in [5, 5.41) is 33.6. The molecule has 0 bridgehead atoms. The van der Waals surface area contributed by atoms with Gasteiger partial charge < -0.3 is 75.9 Å². The van der Waals surface area contributed by atoms with E-state index in [1.807, 2.05) is 97.6 Å². The first-order valence-electron chi connectivity index (χ1n) is 31.6. The molecule has 516 valence electrons. The van der Waals surface area contributed by atoms with Crippen molar-refractivity contribution in [3.8, 4) is 22.5 Å². The van der Waals surface area contributed by atoms with Crippen LogP contribution in [0.25, 0.3) is 28.1 Å². The number of alkyl halides is 1. The van der Waals surface area contributed by atoms with E-state index < -0.39 is 24.1 Å². The summed E-state index contributed by atoms with van der Waals surface area (Å²) in [6.07, 6.45) is 26.2. The first kappa shape index (κ1) is 86.3. The van der Waals surface area contributed by atoms with Gasteiger partial charge in [0.25, 0.3) is 0 Å². The van der Waals surface area contributed by atoms with E-state index in [0.717, 1.165) is 144 Å². The number of piperidine rings is 2. The van der Waals surface area contributed by atoms with E-state index in [0.29, 0.717) is 11.8 Å². The molecular weight excluding hydrogens is 1450 g/mol. The highest BCUT2D eigenvalue weighted by Crippen LogP contribution is 2.28. The Hall–Kier alpha value is -5.75. The Balaban J connectivity index is 0.000000556. The van der Waals surface area contributed by atoms with Crippen molar-refractivity contribution in [2.45, 2.75) is 94.8 Å². The van der Waals surface area contributed by atoms with Gasteiger partial charge in [0, 0.05) is 115 Å². The van der Waals surface area contributed by atoms with Crippen LogP contribution in [0.5, 0.6) is 0 Å². The molecule has 0 saturated carbocycles. The van der Waals surface area contributed by atoms with Gasteiger partial charge in [-0.2, -0.15) is 0 Å². The van der Waals surface area contributed by atoms with Crippen molar-refractivity contribution in [3.63, 3.8) is 0 Å². The number of aromatic nitrogens is 7. The molecule has 7 aromatic rings. The molecule has 3 aliphatic rings. The van der Waals surface area contributed by atoms with Gasteiger partial charge in [0.15, 0.2) is 24.6 Å². The van der Waals surface area contributed by atoms with Gasteiger partial charge in [0.05, 0.1) is 17.1 Å². The molecule has 25 heteroatoms. The standard InChI is InChI=1S/2C13H21N3.C13H19N3.C13H16N3.C10H8N2.C4H6O6.C3H8BrN.3BrH/c4*14-7-3-9-16-10-5-12(6-11-16)13-4-1-2-8-15-13;1-2-6-12-10(3-1)9-4-7-11-8-5-9;5-1(3(7)8)2(6)4(9)10;4-2-1-3-5;;;/h2*1-2,4,8,12H,3,5-7,9-11,14H2;1-2,4-5,8H,3,6-7,9-11,14H2;1-2,4-6,8,10-11H,3,7,9,14H2;1-8H;1-2,5-6H,(H,7,8)(H,9,10);1-3,5H2;3*1H/q;;;+1;;;;;;/p-1. The van der Waals surface area contributed by atoms with Gasteiger partial charge in [-0.05, 0) is 215 Å².